The number of halogens is 6. The monoisotopic (exact) mass is 399 g/mol. The predicted octanol–water partition coefficient (Wildman–Crippen LogP) is 5.16. The minimum atomic E-state index is -4.57. The van der Waals surface area contributed by atoms with Crippen LogP contribution in [0.3, 0.4) is 0 Å². The van der Waals surface area contributed by atoms with Gasteiger partial charge in [0.1, 0.15) is 0 Å². The fraction of sp³-hybridized carbons (Fsp3) is 0.111. The Morgan fingerprint density at radius 1 is 0.893 bits per heavy atom. The average Bonchev–Trinajstić information content (AvgIpc) is 3.12. The van der Waals surface area contributed by atoms with Gasteiger partial charge in [-0.25, -0.2) is 4.68 Å². The number of nitrogens with one attached hydrogen (secondary N) is 1. The molecule has 28 heavy (non-hydrogen) atoms. The van der Waals surface area contributed by atoms with Crippen LogP contribution in [-0.4, -0.2) is 15.7 Å². The van der Waals surface area contributed by atoms with Crippen molar-refractivity contribution in [2.24, 2.45) is 0 Å². The first kappa shape index (κ1) is 19.5. The van der Waals surface area contributed by atoms with Crippen molar-refractivity contribution in [3.63, 3.8) is 0 Å². The van der Waals surface area contributed by atoms with E-state index in [9.17, 15) is 31.1 Å². The van der Waals surface area contributed by atoms with Crippen LogP contribution in [0.4, 0.5) is 32.0 Å². The van der Waals surface area contributed by atoms with Crippen molar-refractivity contribution >= 4 is 11.6 Å². The first-order valence-corrected chi connectivity index (χ1v) is 7.76. The molecule has 1 heterocycles. The van der Waals surface area contributed by atoms with Crippen LogP contribution in [0.1, 0.15) is 21.6 Å². The Bertz CT molecular complexity index is 990. The van der Waals surface area contributed by atoms with E-state index in [4.69, 9.17) is 0 Å². The van der Waals surface area contributed by atoms with Gasteiger partial charge in [0.25, 0.3) is 5.91 Å². The highest BCUT2D eigenvalue weighted by atomic mass is 19.4. The lowest BCUT2D eigenvalue weighted by Gasteiger charge is -2.10. The van der Waals surface area contributed by atoms with Gasteiger partial charge in [-0.1, -0.05) is 6.07 Å². The van der Waals surface area contributed by atoms with Crippen LogP contribution in [0.15, 0.2) is 60.8 Å². The first-order valence-electron chi connectivity index (χ1n) is 7.76. The Morgan fingerprint density at radius 3 is 2.14 bits per heavy atom. The molecule has 0 saturated heterocycles. The SMILES string of the molecule is O=C(Nc1ccc(-n2ccc(C(F)(F)F)n2)cc1)c1cccc(C(F)(F)F)c1. The molecule has 0 fully saturated rings. The molecule has 1 aromatic heterocycles. The Balaban J connectivity index is 1.74. The van der Waals surface area contributed by atoms with Crippen molar-refractivity contribution in [1.29, 1.82) is 0 Å². The summed E-state index contributed by atoms with van der Waals surface area (Å²) < 4.78 is 77.0. The third-order valence-corrected chi connectivity index (χ3v) is 3.72. The number of carbonyl (C=O) groups is 1. The summed E-state index contributed by atoms with van der Waals surface area (Å²) in [5.74, 6) is -0.753. The van der Waals surface area contributed by atoms with E-state index in [2.05, 4.69) is 10.4 Å². The molecule has 1 amide bonds. The largest absolute Gasteiger partial charge is 0.435 e. The summed E-state index contributed by atoms with van der Waals surface area (Å²) in [6, 6.07) is 10.4. The van der Waals surface area contributed by atoms with Gasteiger partial charge in [-0.2, -0.15) is 31.4 Å². The van der Waals surface area contributed by atoms with Crippen LogP contribution in [0.25, 0.3) is 5.69 Å². The number of carbonyl (C=O) groups excluding carboxylic acids is 1. The van der Waals surface area contributed by atoms with E-state index in [0.29, 0.717) is 5.69 Å². The molecule has 0 atom stereocenters. The van der Waals surface area contributed by atoms with Gasteiger partial charge in [0, 0.05) is 17.4 Å². The summed E-state index contributed by atoms with van der Waals surface area (Å²) in [7, 11) is 0. The molecule has 0 spiro atoms. The zero-order valence-corrected chi connectivity index (χ0v) is 13.8. The summed E-state index contributed by atoms with van der Waals surface area (Å²) in [5.41, 5.74) is -1.60. The van der Waals surface area contributed by atoms with Gasteiger partial charge in [0.15, 0.2) is 5.69 Å². The van der Waals surface area contributed by atoms with Crippen LogP contribution >= 0.6 is 0 Å². The van der Waals surface area contributed by atoms with Gasteiger partial charge in [-0.3, -0.25) is 4.79 Å². The highest BCUT2D eigenvalue weighted by Crippen LogP contribution is 2.30. The Morgan fingerprint density at radius 2 is 1.57 bits per heavy atom. The molecule has 0 bridgehead atoms. The normalized spacial score (nSPS) is 12.1. The van der Waals surface area contributed by atoms with E-state index in [-0.39, 0.29) is 11.3 Å². The lowest BCUT2D eigenvalue weighted by atomic mass is 10.1. The number of anilines is 1. The maximum atomic E-state index is 12.7. The van der Waals surface area contributed by atoms with Crippen molar-refractivity contribution in [2.45, 2.75) is 12.4 Å². The minimum Gasteiger partial charge on any atom is -0.322 e. The standard InChI is InChI=1S/C18H11F6N3O/c19-17(20,21)12-3-1-2-11(10-12)16(28)25-13-4-6-14(7-5-13)27-9-8-15(26-27)18(22,23)24/h1-10H,(H,25,28). The molecule has 0 aliphatic carbocycles. The Labute approximate surface area is 154 Å². The first-order chi connectivity index (χ1) is 13.0. The lowest BCUT2D eigenvalue weighted by molar-refractivity contribution is -0.141. The second-order valence-electron chi connectivity index (χ2n) is 5.72. The van der Waals surface area contributed by atoms with E-state index in [0.717, 1.165) is 35.1 Å². The molecular weight excluding hydrogens is 388 g/mol. The Hall–Kier alpha value is -3.30. The summed E-state index contributed by atoms with van der Waals surface area (Å²) in [6.45, 7) is 0. The van der Waals surface area contributed by atoms with Crippen molar-refractivity contribution in [1.82, 2.24) is 9.78 Å². The molecule has 3 rings (SSSR count). The fourth-order valence-electron chi connectivity index (χ4n) is 2.36. The van der Waals surface area contributed by atoms with Crippen molar-refractivity contribution in [2.75, 3.05) is 5.32 Å². The van der Waals surface area contributed by atoms with Gasteiger partial charge in [-0.15, -0.1) is 0 Å². The third-order valence-electron chi connectivity index (χ3n) is 3.72. The summed E-state index contributed by atoms with van der Waals surface area (Å²) in [5, 5.41) is 5.85. The number of alkyl halides is 6. The van der Waals surface area contributed by atoms with Crippen LogP contribution in [0, 0.1) is 0 Å². The summed E-state index contributed by atoms with van der Waals surface area (Å²) >= 11 is 0. The van der Waals surface area contributed by atoms with Crippen LogP contribution in [0.5, 0.6) is 0 Å². The predicted molar refractivity (Wildman–Crippen MR) is 88.0 cm³/mol. The number of aromatic nitrogens is 2. The van der Waals surface area contributed by atoms with Crippen LogP contribution in [0.2, 0.25) is 0 Å². The number of nitrogens with zero attached hydrogens (tertiary/aromatic N) is 2. The van der Waals surface area contributed by atoms with E-state index in [1.807, 2.05) is 0 Å². The van der Waals surface area contributed by atoms with Crippen molar-refractivity contribution < 1.29 is 31.1 Å². The van der Waals surface area contributed by atoms with E-state index < -0.39 is 29.5 Å². The molecule has 0 radical (unpaired) electrons. The van der Waals surface area contributed by atoms with Crippen LogP contribution in [-0.2, 0) is 12.4 Å². The van der Waals surface area contributed by atoms with E-state index >= 15 is 0 Å². The second kappa shape index (κ2) is 7.02. The topological polar surface area (TPSA) is 46.9 Å². The molecular formula is C18H11F6N3O. The van der Waals surface area contributed by atoms with E-state index in [1.165, 1.54) is 30.3 Å². The van der Waals surface area contributed by atoms with Gasteiger partial charge in [0.05, 0.1) is 11.3 Å². The van der Waals surface area contributed by atoms with Gasteiger partial charge in [-0.05, 0) is 48.5 Å². The lowest BCUT2D eigenvalue weighted by Crippen LogP contribution is -2.14. The molecule has 1 N–H and O–H groups in total. The third kappa shape index (κ3) is 4.33. The molecule has 0 unspecified atom stereocenters. The minimum absolute atomic E-state index is 0.180. The molecule has 3 aromatic rings. The smallest absolute Gasteiger partial charge is 0.322 e. The fourth-order valence-corrected chi connectivity index (χ4v) is 2.36. The Kier molecular flexibility index (Phi) is 4.88. The zero-order valence-electron chi connectivity index (χ0n) is 13.8. The average molecular weight is 399 g/mol. The van der Waals surface area contributed by atoms with Crippen LogP contribution < -0.4 is 5.32 Å². The maximum absolute atomic E-state index is 12.7. The number of hydrogen-bond acceptors (Lipinski definition) is 2. The molecule has 10 heteroatoms. The molecule has 0 saturated carbocycles. The second-order valence-corrected chi connectivity index (χ2v) is 5.72. The highest BCUT2D eigenvalue weighted by molar-refractivity contribution is 6.04. The summed E-state index contributed by atoms with van der Waals surface area (Å²) in [6.07, 6.45) is -8.00. The van der Waals surface area contributed by atoms with Crippen molar-refractivity contribution in [3.8, 4) is 5.69 Å². The molecule has 2 aromatic carbocycles. The molecule has 4 nitrogen and oxygen atoms in total. The van der Waals surface area contributed by atoms with E-state index in [1.54, 1.807) is 0 Å². The number of benzene rings is 2. The van der Waals surface area contributed by atoms with Crippen molar-refractivity contribution in [3.05, 3.63) is 77.6 Å². The van der Waals surface area contributed by atoms with Gasteiger partial charge < -0.3 is 5.32 Å². The molecule has 146 valence electrons. The summed E-state index contributed by atoms with van der Waals surface area (Å²) in [4.78, 5) is 12.1. The maximum Gasteiger partial charge on any atom is 0.435 e. The highest BCUT2D eigenvalue weighted by Gasteiger charge is 2.33. The number of hydrogen-bond donors (Lipinski definition) is 1. The quantitative estimate of drug-likeness (QED) is 0.619. The molecule has 0 aliphatic rings. The van der Waals surface area contributed by atoms with Gasteiger partial charge in [0.2, 0.25) is 0 Å². The number of amides is 1. The number of rotatable bonds is 3. The zero-order chi connectivity index (χ0) is 20.5. The molecule has 0 aliphatic heterocycles. The van der Waals surface area contributed by atoms with Gasteiger partial charge >= 0.3 is 12.4 Å².